The molecule has 0 spiro atoms. The van der Waals surface area contributed by atoms with Crippen LogP contribution in [-0.2, 0) is 4.79 Å². The third kappa shape index (κ3) is 4.61. The Morgan fingerprint density at radius 3 is 2.24 bits per heavy atom. The molecule has 0 aliphatic heterocycles. The average molecular weight is 332 g/mol. The lowest BCUT2D eigenvalue weighted by molar-refractivity contribution is -0.117. The number of halogens is 2. The van der Waals surface area contributed by atoms with Gasteiger partial charge in [-0.2, -0.15) is 0 Å². The topological polar surface area (TPSA) is 66.4 Å². The standard InChI is InChI=1S/C15H19Cl2NO3/c1-8(15(2,3)4)7-11(19)18-13-10(17)6-5-9(16)12(13)14(20)21/h5-6,8H,7H2,1-4H3,(H,18,19)(H,20,21). The van der Waals surface area contributed by atoms with Crippen LogP contribution in [0.2, 0.25) is 10.0 Å². The molecule has 0 saturated heterocycles. The zero-order valence-electron chi connectivity index (χ0n) is 12.5. The molecule has 1 amide bonds. The lowest BCUT2D eigenvalue weighted by Gasteiger charge is -2.26. The Hall–Kier alpha value is -1.26. The molecular weight excluding hydrogens is 313 g/mol. The summed E-state index contributed by atoms with van der Waals surface area (Å²) >= 11 is 11.8. The van der Waals surface area contributed by atoms with Gasteiger partial charge in [0.25, 0.3) is 0 Å². The smallest absolute Gasteiger partial charge is 0.339 e. The Labute approximate surface area is 134 Å². The second-order valence-corrected chi connectivity index (χ2v) is 6.92. The number of carboxylic acid groups (broad SMARTS) is 1. The highest BCUT2D eigenvalue weighted by Gasteiger charge is 2.24. The van der Waals surface area contributed by atoms with Crippen molar-refractivity contribution in [3.8, 4) is 0 Å². The van der Waals surface area contributed by atoms with Crippen molar-refractivity contribution in [3.05, 3.63) is 27.7 Å². The molecule has 21 heavy (non-hydrogen) atoms. The number of benzene rings is 1. The van der Waals surface area contributed by atoms with Crippen molar-refractivity contribution >= 4 is 40.8 Å². The summed E-state index contributed by atoms with van der Waals surface area (Å²) < 4.78 is 0. The van der Waals surface area contributed by atoms with Crippen molar-refractivity contribution in [1.82, 2.24) is 0 Å². The highest BCUT2D eigenvalue weighted by atomic mass is 35.5. The van der Waals surface area contributed by atoms with Crippen LogP contribution >= 0.6 is 23.2 Å². The van der Waals surface area contributed by atoms with Crippen LogP contribution in [-0.4, -0.2) is 17.0 Å². The van der Waals surface area contributed by atoms with Crippen LogP contribution in [0.1, 0.15) is 44.5 Å². The van der Waals surface area contributed by atoms with E-state index in [0.29, 0.717) is 0 Å². The number of carboxylic acids is 1. The number of carbonyl (C=O) groups excluding carboxylic acids is 1. The predicted octanol–water partition coefficient (Wildman–Crippen LogP) is 4.70. The van der Waals surface area contributed by atoms with E-state index in [1.54, 1.807) is 0 Å². The Bertz CT molecular complexity index is 565. The largest absolute Gasteiger partial charge is 0.478 e. The van der Waals surface area contributed by atoms with Crippen molar-refractivity contribution in [2.75, 3.05) is 5.32 Å². The molecule has 0 heterocycles. The first-order valence-corrected chi connectivity index (χ1v) is 7.30. The van der Waals surface area contributed by atoms with E-state index in [9.17, 15) is 14.7 Å². The summed E-state index contributed by atoms with van der Waals surface area (Å²) in [6, 6.07) is 2.85. The third-order valence-corrected chi connectivity index (χ3v) is 4.18. The van der Waals surface area contributed by atoms with E-state index in [1.807, 2.05) is 27.7 Å². The van der Waals surface area contributed by atoms with Crippen LogP contribution < -0.4 is 5.32 Å². The minimum atomic E-state index is -1.23. The van der Waals surface area contributed by atoms with Crippen LogP contribution in [0.15, 0.2) is 12.1 Å². The molecule has 1 rings (SSSR count). The van der Waals surface area contributed by atoms with E-state index >= 15 is 0 Å². The van der Waals surface area contributed by atoms with Crippen molar-refractivity contribution < 1.29 is 14.7 Å². The molecule has 0 radical (unpaired) electrons. The maximum atomic E-state index is 12.1. The Morgan fingerprint density at radius 1 is 1.24 bits per heavy atom. The number of hydrogen-bond donors (Lipinski definition) is 2. The summed E-state index contributed by atoms with van der Waals surface area (Å²) in [6.07, 6.45) is 0.269. The number of anilines is 1. The van der Waals surface area contributed by atoms with Crippen molar-refractivity contribution in [3.63, 3.8) is 0 Å². The Balaban J connectivity index is 3.01. The van der Waals surface area contributed by atoms with Gasteiger partial charge in [-0.05, 0) is 23.5 Å². The number of hydrogen-bond acceptors (Lipinski definition) is 2. The zero-order chi connectivity index (χ0) is 16.4. The van der Waals surface area contributed by atoms with Gasteiger partial charge in [0.05, 0.1) is 15.7 Å². The van der Waals surface area contributed by atoms with Gasteiger partial charge in [-0.25, -0.2) is 4.79 Å². The van der Waals surface area contributed by atoms with Crippen LogP contribution in [0.5, 0.6) is 0 Å². The first-order valence-electron chi connectivity index (χ1n) is 6.55. The number of nitrogens with one attached hydrogen (secondary N) is 1. The highest BCUT2D eigenvalue weighted by Crippen LogP contribution is 2.33. The monoisotopic (exact) mass is 331 g/mol. The maximum Gasteiger partial charge on any atom is 0.339 e. The fraction of sp³-hybridized carbons (Fsp3) is 0.467. The van der Waals surface area contributed by atoms with Gasteiger partial charge < -0.3 is 10.4 Å². The van der Waals surface area contributed by atoms with Crippen LogP contribution in [0.25, 0.3) is 0 Å². The van der Waals surface area contributed by atoms with Gasteiger partial charge in [0.1, 0.15) is 5.56 Å². The molecule has 0 saturated carbocycles. The fourth-order valence-corrected chi connectivity index (χ4v) is 2.10. The van der Waals surface area contributed by atoms with E-state index in [4.69, 9.17) is 23.2 Å². The predicted molar refractivity (Wildman–Crippen MR) is 85.3 cm³/mol. The van der Waals surface area contributed by atoms with E-state index < -0.39 is 5.97 Å². The molecule has 0 aliphatic rings. The molecule has 1 unspecified atom stereocenters. The van der Waals surface area contributed by atoms with Crippen molar-refractivity contribution in [1.29, 1.82) is 0 Å². The molecule has 0 fully saturated rings. The molecule has 2 N–H and O–H groups in total. The first-order chi connectivity index (χ1) is 9.54. The summed E-state index contributed by atoms with van der Waals surface area (Å²) in [5.74, 6) is -1.39. The van der Waals surface area contributed by atoms with E-state index in [2.05, 4.69) is 5.32 Å². The van der Waals surface area contributed by atoms with Crippen molar-refractivity contribution in [2.24, 2.45) is 11.3 Å². The summed E-state index contributed by atoms with van der Waals surface area (Å²) in [7, 11) is 0. The number of rotatable bonds is 4. The van der Waals surface area contributed by atoms with E-state index in [-0.39, 0.29) is 45.0 Å². The summed E-state index contributed by atoms with van der Waals surface area (Å²) in [5, 5.41) is 11.9. The number of amides is 1. The third-order valence-electron chi connectivity index (χ3n) is 3.55. The summed E-state index contributed by atoms with van der Waals surface area (Å²) in [4.78, 5) is 23.4. The molecule has 1 aromatic rings. The molecule has 4 nitrogen and oxygen atoms in total. The zero-order valence-corrected chi connectivity index (χ0v) is 14.0. The van der Waals surface area contributed by atoms with Gasteiger partial charge in [0, 0.05) is 6.42 Å². The van der Waals surface area contributed by atoms with Gasteiger partial charge in [-0.3, -0.25) is 4.79 Å². The molecule has 1 atom stereocenters. The molecule has 0 aromatic heterocycles. The number of aromatic carboxylic acids is 1. The molecule has 0 bridgehead atoms. The second-order valence-electron chi connectivity index (χ2n) is 6.10. The quantitative estimate of drug-likeness (QED) is 0.840. The van der Waals surface area contributed by atoms with Crippen LogP contribution in [0, 0.1) is 11.3 Å². The average Bonchev–Trinajstić information content (AvgIpc) is 2.32. The van der Waals surface area contributed by atoms with Crippen LogP contribution in [0.3, 0.4) is 0 Å². The fourth-order valence-electron chi connectivity index (χ4n) is 1.66. The molecular formula is C15H19Cl2NO3. The molecule has 1 aromatic carbocycles. The van der Waals surface area contributed by atoms with Gasteiger partial charge >= 0.3 is 5.97 Å². The lowest BCUT2D eigenvalue weighted by Crippen LogP contribution is -2.24. The number of carbonyl (C=O) groups is 2. The SMILES string of the molecule is CC(CC(=O)Nc1c(Cl)ccc(Cl)c1C(=O)O)C(C)(C)C. The summed E-state index contributed by atoms with van der Waals surface area (Å²) in [6.45, 7) is 8.09. The van der Waals surface area contributed by atoms with E-state index in [0.717, 1.165) is 0 Å². The van der Waals surface area contributed by atoms with Gasteiger partial charge in [0.2, 0.25) is 5.91 Å². The molecule has 6 heteroatoms. The van der Waals surface area contributed by atoms with Crippen LogP contribution in [0.4, 0.5) is 5.69 Å². The Morgan fingerprint density at radius 2 is 1.76 bits per heavy atom. The maximum absolute atomic E-state index is 12.1. The minimum Gasteiger partial charge on any atom is -0.478 e. The van der Waals surface area contributed by atoms with Crippen molar-refractivity contribution in [2.45, 2.75) is 34.1 Å². The van der Waals surface area contributed by atoms with E-state index in [1.165, 1.54) is 12.1 Å². The molecule has 116 valence electrons. The molecule has 0 aliphatic carbocycles. The van der Waals surface area contributed by atoms with Gasteiger partial charge in [0.15, 0.2) is 0 Å². The highest BCUT2D eigenvalue weighted by molar-refractivity contribution is 6.38. The first kappa shape index (κ1) is 17.8. The lowest BCUT2D eigenvalue weighted by atomic mass is 9.80. The summed E-state index contributed by atoms with van der Waals surface area (Å²) in [5.41, 5.74) is -0.172. The van der Waals surface area contributed by atoms with Gasteiger partial charge in [-0.15, -0.1) is 0 Å². The minimum absolute atomic E-state index is 0.0227. The normalized spacial score (nSPS) is 12.9. The van der Waals surface area contributed by atoms with Gasteiger partial charge in [-0.1, -0.05) is 50.9 Å². The second kappa shape index (κ2) is 6.67. The Kier molecular flexibility index (Phi) is 5.65.